The second kappa shape index (κ2) is 11.4. The van der Waals surface area contributed by atoms with E-state index in [0.29, 0.717) is 5.82 Å². The number of hydrogen-bond acceptors (Lipinski definition) is 5. The molecular formula is C45H27N3O2. The van der Waals surface area contributed by atoms with Gasteiger partial charge < -0.3 is 8.83 Å². The molecular weight excluding hydrogens is 615 g/mol. The van der Waals surface area contributed by atoms with Gasteiger partial charge in [-0.2, -0.15) is 0 Å². The summed E-state index contributed by atoms with van der Waals surface area (Å²) in [6, 6.07) is 51.8. The maximum absolute atomic E-state index is 6.69. The van der Waals surface area contributed by atoms with Crippen molar-refractivity contribution >= 4 is 43.9 Å². The Hall–Kier alpha value is -6.85. The van der Waals surface area contributed by atoms with Crippen LogP contribution in [0.15, 0.2) is 173 Å². The second-order valence-corrected chi connectivity index (χ2v) is 12.4. The summed E-state index contributed by atoms with van der Waals surface area (Å²) in [5.74, 6) is 0.594. The summed E-state index contributed by atoms with van der Waals surface area (Å²) in [7, 11) is 0. The Labute approximate surface area is 287 Å². The summed E-state index contributed by atoms with van der Waals surface area (Å²) in [6.45, 7) is 0. The van der Waals surface area contributed by atoms with Crippen LogP contribution in [0, 0.1) is 0 Å². The normalized spacial score (nSPS) is 11.6. The molecule has 0 saturated carbocycles. The van der Waals surface area contributed by atoms with Gasteiger partial charge in [0.05, 0.1) is 17.0 Å². The van der Waals surface area contributed by atoms with Crippen LogP contribution in [-0.4, -0.2) is 15.0 Å². The fourth-order valence-electron chi connectivity index (χ4n) is 7.00. The van der Waals surface area contributed by atoms with Crippen LogP contribution < -0.4 is 0 Å². The first-order valence-electron chi connectivity index (χ1n) is 16.6. The topological polar surface area (TPSA) is 65.0 Å². The molecule has 4 aromatic heterocycles. The zero-order chi connectivity index (χ0) is 33.0. The molecule has 0 unspecified atom stereocenters. The highest BCUT2D eigenvalue weighted by Gasteiger charge is 2.21. The molecule has 50 heavy (non-hydrogen) atoms. The van der Waals surface area contributed by atoms with Crippen LogP contribution in [0.2, 0.25) is 0 Å². The summed E-state index contributed by atoms with van der Waals surface area (Å²) in [6.07, 6.45) is 3.67. The maximum Gasteiger partial charge on any atom is 0.164 e. The van der Waals surface area contributed by atoms with E-state index in [1.165, 1.54) is 0 Å². The highest BCUT2D eigenvalue weighted by atomic mass is 16.3. The average molecular weight is 642 g/mol. The first-order valence-corrected chi connectivity index (χ1v) is 16.6. The molecule has 5 heteroatoms. The number of furan rings is 2. The zero-order valence-electron chi connectivity index (χ0n) is 26.7. The molecule has 0 bridgehead atoms. The Morgan fingerprint density at radius 2 is 1.08 bits per heavy atom. The van der Waals surface area contributed by atoms with Crippen molar-refractivity contribution in [2.75, 3.05) is 0 Å². The van der Waals surface area contributed by atoms with Gasteiger partial charge in [-0.15, -0.1) is 0 Å². The van der Waals surface area contributed by atoms with Gasteiger partial charge in [-0.05, 0) is 65.2 Å². The van der Waals surface area contributed by atoms with Crippen molar-refractivity contribution in [1.29, 1.82) is 0 Å². The largest absolute Gasteiger partial charge is 0.456 e. The Morgan fingerprint density at radius 1 is 0.400 bits per heavy atom. The fourth-order valence-corrected chi connectivity index (χ4v) is 7.00. The number of aromatic nitrogens is 3. The van der Waals surface area contributed by atoms with Crippen molar-refractivity contribution in [1.82, 2.24) is 15.0 Å². The van der Waals surface area contributed by atoms with Crippen LogP contribution in [-0.2, 0) is 0 Å². The standard InChI is InChI=1S/C45H27N3O2/c1-2-10-28(11-3-1)38-26-39(31-13-8-12-29(24-31)32-14-9-23-46-27-32)48-45(47-38)37-22-21-33(43-36-16-5-7-18-41(36)50-44(37)43)30-19-20-35-34-15-4-6-17-40(34)49-42(35)25-30/h1-27H. The molecule has 4 heterocycles. The third-order valence-electron chi connectivity index (χ3n) is 9.41. The van der Waals surface area contributed by atoms with Crippen molar-refractivity contribution in [2.24, 2.45) is 0 Å². The fraction of sp³-hybridized carbons (Fsp3) is 0. The van der Waals surface area contributed by atoms with E-state index in [4.69, 9.17) is 18.8 Å². The van der Waals surface area contributed by atoms with Crippen molar-refractivity contribution in [3.63, 3.8) is 0 Å². The van der Waals surface area contributed by atoms with E-state index in [1.807, 2.05) is 60.8 Å². The van der Waals surface area contributed by atoms with Crippen LogP contribution in [0.5, 0.6) is 0 Å². The van der Waals surface area contributed by atoms with Crippen LogP contribution in [0.25, 0.3) is 100 Å². The molecule has 0 atom stereocenters. The van der Waals surface area contributed by atoms with Crippen LogP contribution in [0.1, 0.15) is 0 Å². The van der Waals surface area contributed by atoms with Gasteiger partial charge in [0.25, 0.3) is 0 Å². The minimum Gasteiger partial charge on any atom is -0.456 e. The number of benzene rings is 6. The van der Waals surface area contributed by atoms with E-state index in [9.17, 15) is 0 Å². The van der Waals surface area contributed by atoms with Gasteiger partial charge in [-0.1, -0.05) is 103 Å². The second-order valence-electron chi connectivity index (χ2n) is 12.4. The van der Waals surface area contributed by atoms with Gasteiger partial charge in [-0.25, -0.2) is 9.97 Å². The lowest BCUT2D eigenvalue weighted by atomic mass is 9.96. The zero-order valence-corrected chi connectivity index (χ0v) is 26.7. The van der Waals surface area contributed by atoms with E-state index in [2.05, 4.69) is 102 Å². The molecule has 0 amide bonds. The van der Waals surface area contributed by atoms with Gasteiger partial charge in [-0.3, -0.25) is 4.98 Å². The number of fused-ring (bicyclic) bond motifs is 6. The molecule has 10 rings (SSSR count). The lowest BCUT2D eigenvalue weighted by Gasteiger charge is -2.12. The summed E-state index contributed by atoms with van der Waals surface area (Å²) in [5.41, 5.74) is 12.0. The van der Waals surface area contributed by atoms with Gasteiger partial charge in [0.1, 0.15) is 22.3 Å². The predicted octanol–water partition coefficient (Wildman–Crippen LogP) is 12.0. The SMILES string of the molecule is c1ccc(-c2cc(-c3cccc(-c4cccnc4)c3)nc(-c3ccc(-c4ccc5c(c4)oc4ccccc45)c4c3oc3ccccc34)n2)cc1. The summed E-state index contributed by atoms with van der Waals surface area (Å²) in [5, 5.41) is 4.26. The molecule has 0 aliphatic carbocycles. The van der Waals surface area contributed by atoms with E-state index >= 15 is 0 Å². The van der Waals surface area contributed by atoms with Crippen LogP contribution in [0.4, 0.5) is 0 Å². The number of rotatable bonds is 5. The smallest absolute Gasteiger partial charge is 0.164 e. The van der Waals surface area contributed by atoms with Crippen molar-refractivity contribution < 1.29 is 8.83 Å². The van der Waals surface area contributed by atoms with Crippen molar-refractivity contribution in [2.45, 2.75) is 0 Å². The molecule has 6 aromatic carbocycles. The maximum atomic E-state index is 6.69. The van der Waals surface area contributed by atoms with Gasteiger partial charge in [0.15, 0.2) is 5.82 Å². The third-order valence-corrected chi connectivity index (χ3v) is 9.41. The molecule has 0 N–H and O–H groups in total. The van der Waals surface area contributed by atoms with Crippen LogP contribution >= 0.6 is 0 Å². The van der Waals surface area contributed by atoms with Gasteiger partial charge in [0, 0.05) is 50.6 Å². The Balaban J connectivity index is 1.19. The summed E-state index contributed by atoms with van der Waals surface area (Å²) < 4.78 is 13.0. The molecule has 0 aliphatic heterocycles. The number of nitrogens with zero attached hydrogens (tertiary/aromatic N) is 3. The van der Waals surface area contributed by atoms with Crippen LogP contribution in [0.3, 0.4) is 0 Å². The molecule has 0 fully saturated rings. The molecule has 0 aliphatic rings. The lowest BCUT2D eigenvalue weighted by Crippen LogP contribution is -1.97. The Morgan fingerprint density at radius 3 is 1.92 bits per heavy atom. The van der Waals surface area contributed by atoms with Crippen molar-refractivity contribution in [3.8, 4) is 56.2 Å². The lowest BCUT2D eigenvalue weighted by molar-refractivity contribution is 0.668. The molecule has 234 valence electrons. The summed E-state index contributed by atoms with van der Waals surface area (Å²) >= 11 is 0. The Kier molecular flexibility index (Phi) is 6.42. The number of pyridine rings is 1. The molecule has 5 nitrogen and oxygen atoms in total. The highest BCUT2D eigenvalue weighted by Crippen LogP contribution is 2.43. The van der Waals surface area contributed by atoms with E-state index < -0.39 is 0 Å². The van der Waals surface area contributed by atoms with E-state index in [1.54, 1.807) is 6.20 Å². The van der Waals surface area contributed by atoms with E-state index in [0.717, 1.165) is 94.2 Å². The molecule has 0 spiro atoms. The van der Waals surface area contributed by atoms with Gasteiger partial charge in [0.2, 0.25) is 0 Å². The predicted molar refractivity (Wildman–Crippen MR) is 202 cm³/mol. The van der Waals surface area contributed by atoms with Gasteiger partial charge >= 0.3 is 0 Å². The first kappa shape index (κ1) is 28.2. The average Bonchev–Trinajstić information content (AvgIpc) is 3.77. The minimum atomic E-state index is 0.594. The third kappa shape index (κ3) is 4.67. The molecule has 0 radical (unpaired) electrons. The summed E-state index contributed by atoms with van der Waals surface area (Å²) in [4.78, 5) is 14.7. The monoisotopic (exact) mass is 641 g/mol. The molecule has 10 aromatic rings. The van der Waals surface area contributed by atoms with Crippen molar-refractivity contribution in [3.05, 3.63) is 164 Å². The van der Waals surface area contributed by atoms with E-state index in [-0.39, 0.29) is 0 Å². The highest BCUT2D eigenvalue weighted by molar-refractivity contribution is 6.16. The Bertz CT molecular complexity index is 2870. The molecule has 0 saturated heterocycles. The first-order chi connectivity index (χ1) is 24.8. The minimum absolute atomic E-state index is 0.594. The quantitative estimate of drug-likeness (QED) is 0.187. The number of para-hydroxylation sites is 2. The number of hydrogen-bond donors (Lipinski definition) is 0.